The van der Waals surface area contributed by atoms with Gasteiger partial charge in [-0.3, -0.25) is 9.69 Å². The molecule has 0 saturated carbocycles. The minimum Gasteiger partial charge on any atom is -0.365 e. The molecule has 194 valence electrons. The Morgan fingerprint density at radius 3 is 2.73 bits per heavy atom. The Kier molecular flexibility index (Phi) is 7.07. The number of halogens is 1. The number of nitrogens with one attached hydrogen (secondary N) is 3. The van der Waals surface area contributed by atoms with Crippen molar-refractivity contribution >= 4 is 40.6 Å². The SMILES string of the molecule is Cc1cc(C2CCN(CN)CC2)ccc1Nc1ncc(Cl)c(NCc2cccc3c2C(C)(C)C(=O)N3)n1. The summed E-state index contributed by atoms with van der Waals surface area (Å²) in [6.45, 7) is 9.18. The van der Waals surface area contributed by atoms with Gasteiger partial charge in [0, 0.05) is 24.6 Å². The lowest BCUT2D eigenvalue weighted by Crippen LogP contribution is -2.36. The van der Waals surface area contributed by atoms with Crippen LogP contribution in [0.4, 0.5) is 23.1 Å². The van der Waals surface area contributed by atoms with E-state index >= 15 is 0 Å². The van der Waals surface area contributed by atoms with Crippen molar-refractivity contribution < 1.29 is 4.79 Å². The summed E-state index contributed by atoms with van der Waals surface area (Å²) in [7, 11) is 0. The molecule has 1 fully saturated rings. The molecule has 0 bridgehead atoms. The van der Waals surface area contributed by atoms with Gasteiger partial charge in [-0.25, -0.2) is 4.98 Å². The van der Waals surface area contributed by atoms with Crippen LogP contribution in [-0.4, -0.2) is 40.5 Å². The van der Waals surface area contributed by atoms with E-state index in [1.807, 2.05) is 32.0 Å². The topological polar surface area (TPSA) is 108 Å². The predicted octanol–water partition coefficient (Wildman–Crippen LogP) is 5.12. The average molecular weight is 520 g/mol. The minimum absolute atomic E-state index is 0.00362. The predicted molar refractivity (Wildman–Crippen MR) is 150 cm³/mol. The molecule has 8 nitrogen and oxygen atoms in total. The first-order valence-corrected chi connectivity index (χ1v) is 13.1. The van der Waals surface area contributed by atoms with E-state index in [2.05, 4.69) is 55.9 Å². The van der Waals surface area contributed by atoms with E-state index in [1.54, 1.807) is 6.20 Å². The third kappa shape index (κ3) is 5.14. The first-order chi connectivity index (χ1) is 17.8. The molecular weight excluding hydrogens is 486 g/mol. The number of likely N-dealkylation sites (tertiary alicyclic amines) is 1. The standard InChI is InChI=1S/C28H34ClN7O/c1-17-13-19(18-9-11-36(16-30)12-10-18)7-8-22(17)34-27-32-15-21(29)25(35-27)31-14-20-5-4-6-23-24(20)28(2,3)26(37)33-23/h4-8,13,15,18H,9-12,14,16,30H2,1-3H3,(H,33,37)(H2,31,32,34,35). The Hall–Kier alpha value is -3.20. The highest BCUT2D eigenvalue weighted by Gasteiger charge is 2.39. The number of hydrogen-bond donors (Lipinski definition) is 4. The van der Waals surface area contributed by atoms with Crippen molar-refractivity contribution in [2.75, 3.05) is 35.7 Å². The number of nitrogens with two attached hydrogens (primary N) is 1. The number of aryl methyl sites for hydroxylation is 1. The van der Waals surface area contributed by atoms with E-state index in [0.717, 1.165) is 54.0 Å². The summed E-state index contributed by atoms with van der Waals surface area (Å²) in [4.78, 5) is 23.7. The van der Waals surface area contributed by atoms with Crippen LogP contribution >= 0.6 is 11.6 Å². The van der Waals surface area contributed by atoms with Crippen LogP contribution in [0.3, 0.4) is 0 Å². The third-order valence-corrected chi connectivity index (χ3v) is 7.87. The van der Waals surface area contributed by atoms with E-state index < -0.39 is 5.41 Å². The molecule has 37 heavy (non-hydrogen) atoms. The van der Waals surface area contributed by atoms with E-state index in [1.165, 1.54) is 5.56 Å². The van der Waals surface area contributed by atoms with Crippen molar-refractivity contribution in [2.24, 2.45) is 5.73 Å². The van der Waals surface area contributed by atoms with Crippen molar-refractivity contribution in [1.82, 2.24) is 14.9 Å². The second-order valence-corrected chi connectivity index (χ2v) is 10.8. The average Bonchev–Trinajstić information content (AvgIpc) is 3.13. The number of anilines is 4. The monoisotopic (exact) mass is 519 g/mol. The molecule has 0 atom stereocenters. The Bertz CT molecular complexity index is 1320. The number of aromatic nitrogens is 2. The number of fused-ring (bicyclic) bond motifs is 1. The van der Waals surface area contributed by atoms with Crippen molar-refractivity contribution in [3.63, 3.8) is 0 Å². The number of rotatable bonds is 7. The maximum Gasteiger partial charge on any atom is 0.234 e. The van der Waals surface area contributed by atoms with Gasteiger partial charge < -0.3 is 21.7 Å². The van der Waals surface area contributed by atoms with Crippen molar-refractivity contribution in [1.29, 1.82) is 0 Å². The zero-order valence-electron chi connectivity index (χ0n) is 21.6. The highest BCUT2D eigenvalue weighted by atomic mass is 35.5. The van der Waals surface area contributed by atoms with Crippen LogP contribution in [0.2, 0.25) is 5.02 Å². The number of benzene rings is 2. The van der Waals surface area contributed by atoms with Gasteiger partial charge in [0.05, 0.1) is 11.6 Å². The Morgan fingerprint density at radius 1 is 1.22 bits per heavy atom. The van der Waals surface area contributed by atoms with Gasteiger partial charge in [-0.1, -0.05) is 35.9 Å². The zero-order chi connectivity index (χ0) is 26.2. The molecule has 0 spiro atoms. The smallest absolute Gasteiger partial charge is 0.234 e. The number of hydrogen-bond acceptors (Lipinski definition) is 7. The van der Waals surface area contributed by atoms with Gasteiger partial charge in [0.2, 0.25) is 11.9 Å². The summed E-state index contributed by atoms with van der Waals surface area (Å²) in [5.41, 5.74) is 11.5. The van der Waals surface area contributed by atoms with Crippen molar-refractivity contribution in [3.05, 3.63) is 69.9 Å². The fourth-order valence-electron chi connectivity index (χ4n) is 5.36. The van der Waals surface area contributed by atoms with Crippen molar-refractivity contribution in [2.45, 2.75) is 51.5 Å². The van der Waals surface area contributed by atoms with Gasteiger partial charge in [-0.05, 0) is 87.0 Å². The molecule has 0 aliphatic carbocycles. The number of piperidine rings is 1. The van der Waals surface area contributed by atoms with Crippen LogP contribution < -0.4 is 21.7 Å². The summed E-state index contributed by atoms with van der Waals surface area (Å²) >= 11 is 6.43. The van der Waals surface area contributed by atoms with Gasteiger partial charge in [0.1, 0.15) is 5.02 Å². The van der Waals surface area contributed by atoms with E-state index in [0.29, 0.717) is 35.9 Å². The molecule has 0 unspecified atom stereocenters. The van der Waals surface area contributed by atoms with Crippen LogP contribution in [-0.2, 0) is 16.8 Å². The molecule has 3 aromatic rings. The van der Waals surface area contributed by atoms with Gasteiger partial charge in [0.15, 0.2) is 5.82 Å². The number of amides is 1. The second kappa shape index (κ2) is 10.3. The molecule has 1 amide bonds. The lowest BCUT2D eigenvalue weighted by Gasteiger charge is -2.31. The molecule has 5 N–H and O–H groups in total. The van der Waals surface area contributed by atoms with Crippen LogP contribution in [0.1, 0.15) is 54.9 Å². The summed E-state index contributed by atoms with van der Waals surface area (Å²) in [6.07, 6.45) is 3.86. The van der Waals surface area contributed by atoms with Gasteiger partial charge >= 0.3 is 0 Å². The summed E-state index contributed by atoms with van der Waals surface area (Å²) < 4.78 is 0. The molecule has 0 radical (unpaired) electrons. The number of carbonyl (C=O) groups is 1. The lowest BCUT2D eigenvalue weighted by molar-refractivity contribution is -0.119. The maximum absolute atomic E-state index is 12.4. The Balaban J connectivity index is 1.29. The van der Waals surface area contributed by atoms with Gasteiger partial charge in [0.25, 0.3) is 0 Å². The van der Waals surface area contributed by atoms with E-state index in [4.69, 9.17) is 17.3 Å². The molecule has 2 aliphatic heterocycles. The van der Waals surface area contributed by atoms with Crippen LogP contribution in [0.15, 0.2) is 42.6 Å². The van der Waals surface area contributed by atoms with Gasteiger partial charge in [-0.2, -0.15) is 4.98 Å². The summed E-state index contributed by atoms with van der Waals surface area (Å²) in [5, 5.41) is 10.1. The second-order valence-electron chi connectivity index (χ2n) is 10.4. The lowest BCUT2D eigenvalue weighted by atomic mass is 9.83. The molecule has 9 heteroatoms. The van der Waals surface area contributed by atoms with E-state index in [9.17, 15) is 4.79 Å². The first-order valence-electron chi connectivity index (χ1n) is 12.8. The molecular formula is C28H34ClN7O. The Morgan fingerprint density at radius 2 is 2.00 bits per heavy atom. The van der Waals surface area contributed by atoms with Crippen LogP contribution in [0.25, 0.3) is 0 Å². The highest BCUT2D eigenvalue weighted by molar-refractivity contribution is 6.32. The number of carbonyl (C=O) groups excluding carboxylic acids is 1. The minimum atomic E-state index is -0.596. The highest BCUT2D eigenvalue weighted by Crippen LogP contribution is 2.40. The number of nitrogens with zero attached hydrogens (tertiary/aromatic N) is 3. The largest absolute Gasteiger partial charge is 0.365 e. The normalized spacial score (nSPS) is 17.4. The van der Waals surface area contributed by atoms with E-state index in [-0.39, 0.29) is 5.91 Å². The first kappa shape index (κ1) is 25.4. The molecule has 2 aliphatic rings. The fraction of sp³-hybridized carbons (Fsp3) is 0.393. The maximum atomic E-state index is 12.4. The molecule has 5 rings (SSSR count). The molecule has 1 saturated heterocycles. The Labute approximate surface area is 223 Å². The zero-order valence-corrected chi connectivity index (χ0v) is 22.3. The fourth-order valence-corrected chi connectivity index (χ4v) is 5.52. The van der Waals surface area contributed by atoms with Crippen molar-refractivity contribution in [3.8, 4) is 0 Å². The van der Waals surface area contributed by atoms with Gasteiger partial charge in [-0.15, -0.1) is 0 Å². The quantitative estimate of drug-likeness (QED) is 0.343. The summed E-state index contributed by atoms with van der Waals surface area (Å²) in [6, 6.07) is 12.5. The molecule has 2 aromatic carbocycles. The van der Waals surface area contributed by atoms with Crippen LogP contribution in [0, 0.1) is 6.92 Å². The molecule has 1 aromatic heterocycles. The van der Waals surface area contributed by atoms with Crippen LogP contribution in [0.5, 0.6) is 0 Å². The molecule has 3 heterocycles. The third-order valence-electron chi connectivity index (χ3n) is 7.60. The summed E-state index contributed by atoms with van der Waals surface area (Å²) in [5.74, 6) is 1.57.